The number of nitrogens with zero attached hydrogens (tertiary/aromatic N) is 1. The lowest BCUT2D eigenvalue weighted by molar-refractivity contribution is 0.724. The van der Waals surface area contributed by atoms with Crippen molar-refractivity contribution >= 4 is 10.9 Å². The van der Waals surface area contributed by atoms with Gasteiger partial charge in [0.15, 0.2) is 0 Å². The molecule has 1 aliphatic rings. The predicted molar refractivity (Wildman–Crippen MR) is 68.9 cm³/mol. The van der Waals surface area contributed by atoms with Gasteiger partial charge in [-0.2, -0.15) is 0 Å². The largest absolute Gasteiger partial charge is 0.350 e. The zero-order valence-corrected chi connectivity index (χ0v) is 10.2. The van der Waals surface area contributed by atoms with Gasteiger partial charge in [-0.1, -0.05) is 25.0 Å². The summed E-state index contributed by atoms with van der Waals surface area (Å²) in [5.74, 6) is 0.811. The normalized spacial score (nSPS) is 17.4. The van der Waals surface area contributed by atoms with Crippen molar-refractivity contribution in [2.24, 2.45) is 7.05 Å². The molecule has 1 aromatic heterocycles. The molecular formula is C15H19N. The van der Waals surface area contributed by atoms with Crippen LogP contribution in [0.1, 0.15) is 42.7 Å². The summed E-state index contributed by atoms with van der Waals surface area (Å²) >= 11 is 0. The highest BCUT2D eigenvalue weighted by Gasteiger charge is 2.20. The molecule has 0 N–H and O–H groups in total. The number of aromatic nitrogens is 1. The van der Waals surface area contributed by atoms with Crippen molar-refractivity contribution in [3.8, 4) is 0 Å². The van der Waals surface area contributed by atoms with E-state index < -0.39 is 0 Å². The second-order valence-corrected chi connectivity index (χ2v) is 5.20. The second kappa shape index (κ2) is 3.65. The molecule has 0 radical (unpaired) electrons. The van der Waals surface area contributed by atoms with E-state index in [2.05, 4.69) is 42.9 Å². The monoisotopic (exact) mass is 213 g/mol. The van der Waals surface area contributed by atoms with Crippen LogP contribution in [0.5, 0.6) is 0 Å². The van der Waals surface area contributed by atoms with Gasteiger partial charge in [0, 0.05) is 24.1 Å². The first kappa shape index (κ1) is 9.95. The molecule has 1 saturated carbocycles. The molecule has 3 rings (SSSR count). The molecule has 1 fully saturated rings. The number of benzene rings is 1. The van der Waals surface area contributed by atoms with Gasteiger partial charge in [-0.25, -0.2) is 0 Å². The highest BCUT2D eigenvalue weighted by atomic mass is 14.9. The number of aryl methyl sites for hydroxylation is 2. The minimum atomic E-state index is 0.811. The van der Waals surface area contributed by atoms with Crippen LogP contribution in [0, 0.1) is 6.92 Å². The molecular weight excluding hydrogens is 194 g/mol. The molecule has 0 amide bonds. The highest BCUT2D eigenvalue weighted by Crippen LogP contribution is 2.38. The Morgan fingerprint density at radius 1 is 1.19 bits per heavy atom. The lowest BCUT2D eigenvalue weighted by Crippen LogP contribution is -1.90. The van der Waals surface area contributed by atoms with Crippen molar-refractivity contribution in [1.82, 2.24) is 4.57 Å². The number of rotatable bonds is 1. The zero-order valence-electron chi connectivity index (χ0n) is 10.2. The second-order valence-electron chi connectivity index (χ2n) is 5.20. The standard InChI is InChI=1S/C15H19N/c1-11-7-8-13-14(12-5-3-4-6-12)10-16(2)15(13)9-11/h7-10,12H,3-6H2,1-2H3. The Hall–Kier alpha value is -1.24. The fourth-order valence-electron chi connectivity index (χ4n) is 3.09. The number of hydrogen-bond donors (Lipinski definition) is 0. The van der Waals surface area contributed by atoms with Crippen molar-refractivity contribution in [2.45, 2.75) is 38.5 Å². The molecule has 1 aromatic carbocycles. The molecule has 16 heavy (non-hydrogen) atoms. The van der Waals surface area contributed by atoms with Crippen LogP contribution in [0.4, 0.5) is 0 Å². The summed E-state index contributed by atoms with van der Waals surface area (Å²) < 4.78 is 2.29. The maximum atomic E-state index is 2.35. The van der Waals surface area contributed by atoms with Crippen molar-refractivity contribution in [3.63, 3.8) is 0 Å². The van der Waals surface area contributed by atoms with Gasteiger partial charge in [-0.05, 0) is 42.9 Å². The van der Waals surface area contributed by atoms with Crippen molar-refractivity contribution < 1.29 is 0 Å². The summed E-state index contributed by atoms with van der Waals surface area (Å²) in [6, 6.07) is 6.84. The molecule has 1 heteroatoms. The molecule has 0 atom stereocenters. The fraction of sp³-hybridized carbons (Fsp3) is 0.467. The van der Waals surface area contributed by atoms with Gasteiger partial charge in [-0.3, -0.25) is 0 Å². The number of fused-ring (bicyclic) bond motifs is 1. The number of hydrogen-bond acceptors (Lipinski definition) is 0. The van der Waals surface area contributed by atoms with E-state index in [-0.39, 0.29) is 0 Å². The summed E-state index contributed by atoms with van der Waals surface area (Å²) in [5.41, 5.74) is 4.32. The summed E-state index contributed by atoms with van der Waals surface area (Å²) in [7, 11) is 2.17. The van der Waals surface area contributed by atoms with Crippen molar-refractivity contribution in [2.75, 3.05) is 0 Å². The smallest absolute Gasteiger partial charge is 0.0483 e. The van der Waals surface area contributed by atoms with Gasteiger partial charge in [0.1, 0.15) is 0 Å². The van der Waals surface area contributed by atoms with Crippen LogP contribution in [0.15, 0.2) is 24.4 Å². The SMILES string of the molecule is Cc1ccc2c(C3CCCC3)cn(C)c2c1. The molecule has 0 saturated heterocycles. The Bertz CT molecular complexity index is 515. The fourth-order valence-corrected chi connectivity index (χ4v) is 3.09. The van der Waals surface area contributed by atoms with Gasteiger partial charge in [0.05, 0.1) is 0 Å². The first-order chi connectivity index (χ1) is 7.75. The third-order valence-corrected chi connectivity index (χ3v) is 3.97. The maximum Gasteiger partial charge on any atom is 0.0483 e. The third kappa shape index (κ3) is 1.46. The lowest BCUT2D eigenvalue weighted by Gasteiger charge is -2.06. The van der Waals surface area contributed by atoms with Crippen LogP contribution in [0.2, 0.25) is 0 Å². The van der Waals surface area contributed by atoms with Gasteiger partial charge < -0.3 is 4.57 Å². The van der Waals surface area contributed by atoms with Crippen LogP contribution in [0.25, 0.3) is 10.9 Å². The molecule has 1 aliphatic carbocycles. The van der Waals surface area contributed by atoms with E-state index in [0.717, 1.165) is 5.92 Å². The Morgan fingerprint density at radius 3 is 2.69 bits per heavy atom. The van der Waals surface area contributed by atoms with E-state index in [9.17, 15) is 0 Å². The maximum absolute atomic E-state index is 2.35. The molecule has 0 aliphatic heterocycles. The van der Waals surface area contributed by atoms with E-state index in [1.165, 1.54) is 42.1 Å². The molecule has 0 bridgehead atoms. The molecule has 0 unspecified atom stereocenters. The minimum Gasteiger partial charge on any atom is -0.350 e. The highest BCUT2D eigenvalue weighted by molar-refractivity contribution is 5.85. The molecule has 2 aromatic rings. The van der Waals surface area contributed by atoms with Crippen LogP contribution >= 0.6 is 0 Å². The summed E-state index contributed by atoms with van der Waals surface area (Å²) in [6.07, 6.45) is 7.93. The first-order valence-corrected chi connectivity index (χ1v) is 6.31. The summed E-state index contributed by atoms with van der Waals surface area (Å²) in [5, 5.41) is 1.47. The van der Waals surface area contributed by atoms with Crippen LogP contribution in [-0.4, -0.2) is 4.57 Å². The first-order valence-electron chi connectivity index (χ1n) is 6.31. The van der Waals surface area contributed by atoms with E-state index in [0.29, 0.717) is 0 Å². The van der Waals surface area contributed by atoms with Crippen LogP contribution in [-0.2, 0) is 7.05 Å². The Labute approximate surface area is 97.1 Å². The predicted octanol–water partition coefficient (Wildman–Crippen LogP) is 4.14. The van der Waals surface area contributed by atoms with Gasteiger partial charge in [0.25, 0.3) is 0 Å². The molecule has 1 nitrogen and oxygen atoms in total. The van der Waals surface area contributed by atoms with E-state index in [1.54, 1.807) is 5.56 Å². The zero-order chi connectivity index (χ0) is 11.1. The average molecular weight is 213 g/mol. The van der Waals surface area contributed by atoms with Crippen LogP contribution < -0.4 is 0 Å². The summed E-state index contributed by atoms with van der Waals surface area (Å²) in [6.45, 7) is 2.17. The molecule has 1 heterocycles. The Balaban J connectivity index is 2.18. The lowest BCUT2D eigenvalue weighted by atomic mass is 9.97. The third-order valence-electron chi connectivity index (χ3n) is 3.97. The quantitative estimate of drug-likeness (QED) is 0.671. The molecule has 0 spiro atoms. The van der Waals surface area contributed by atoms with E-state index in [4.69, 9.17) is 0 Å². The van der Waals surface area contributed by atoms with Gasteiger partial charge in [-0.15, -0.1) is 0 Å². The Kier molecular flexibility index (Phi) is 2.27. The van der Waals surface area contributed by atoms with Gasteiger partial charge >= 0.3 is 0 Å². The van der Waals surface area contributed by atoms with Crippen molar-refractivity contribution in [3.05, 3.63) is 35.5 Å². The van der Waals surface area contributed by atoms with E-state index in [1.807, 2.05) is 0 Å². The van der Waals surface area contributed by atoms with E-state index >= 15 is 0 Å². The van der Waals surface area contributed by atoms with Crippen LogP contribution in [0.3, 0.4) is 0 Å². The summed E-state index contributed by atoms with van der Waals surface area (Å²) in [4.78, 5) is 0. The van der Waals surface area contributed by atoms with Gasteiger partial charge in [0.2, 0.25) is 0 Å². The minimum absolute atomic E-state index is 0.811. The molecule has 84 valence electrons. The van der Waals surface area contributed by atoms with Crippen molar-refractivity contribution in [1.29, 1.82) is 0 Å². The Morgan fingerprint density at radius 2 is 1.94 bits per heavy atom. The average Bonchev–Trinajstić information content (AvgIpc) is 2.87. The topological polar surface area (TPSA) is 4.93 Å².